The molecule has 1 aliphatic rings. The molecular formula is C15H21NO. The Kier molecular flexibility index (Phi) is 3.63. The average Bonchev–Trinajstić information content (AvgIpc) is 2.68. The number of ketones is 1. The average molecular weight is 231 g/mol. The maximum absolute atomic E-state index is 12.3. The fraction of sp³-hybridized carbons (Fsp3) is 0.533. The van der Waals surface area contributed by atoms with Crippen LogP contribution in [0, 0.1) is 20.8 Å². The van der Waals surface area contributed by atoms with Crippen molar-refractivity contribution in [3.05, 3.63) is 34.4 Å². The first-order valence-corrected chi connectivity index (χ1v) is 6.41. The molecule has 2 rings (SSSR count). The maximum atomic E-state index is 12.3. The predicted molar refractivity (Wildman–Crippen MR) is 70.7 cm³/mol. The number of rotatable bonds is 3. The molecule has 17 heavy (non-hydrogen) atoms. The number of hydrogen-bond donors (Lipinski definition) is 0. The van der Waals surface area contributed by atoms with Crippen LogP contribution in [0.15, 0.2) is 12.1 Å². The summed E-state index contributed by atoms with van der Waals surface area (Å²) in [5.41, 5.74) is 4.40. The Morgan fingerprint density at radius 1 is 1.12 bits per heavy atom. The monoisotopic (exact) mass is 231 g/mol. The summed E-state index contributed by atoms with van der Waals surface area (Å²) in [5, 5.41) is 0. The fourth-order valence-corrected chi connectivity index (χ4v) is 2.84. The molecule has 0 atom stereocenters. The highest BCUT2D eigenvalue weighted by Gasteiger charge is 2.18. The van der Waals surface area contributed by atoms with E-state index in [1.807, 2.05) is 13.8 Å². The first kappa shape index (κ1) is 12.3. The second-order valence-corrected chi connectivity index (χ2v) is 5.18. The lowest BCUT2D eigenvalue weighted by atomic mass is 9.96. The third kappa shape index (κ3) is 2.75. The minimum Gasteiger partial charge on any atom is -0.296 e. The van der Waals surface area contributed by atoms with E-state index in [-0.39, 0.29) is 5.78 Å². The summed E-state index contributed by atoms with van der Waals surface area (Å²) in [6, 6.07) is 4.20. The Morgan fingerprint density at radius 2 is 1.65 bits per heavy atom. The lowest BCUT2D eigenvalue weighted by Gasteiger charge is -2.16. The zero-order valence-corrected chi connectivity index (χ0v) is 11.0. The molecule has 0 amide bonds. The summed E-state index contributed by atoms with van der Waals surface area (Å²) in [5.74, 6) is 0.280. The highest BCUT2D eigenvalue weighted by atomic mass is 16.1. The van der Waals surface area contributed by atoms with Crippen molar-refractivity contribution in [2.75, 3.05) is 19.6 Å². The van der Waals surface area contributed by atoms with E-state index in [9.17, 15) is 4.79 Å². The van der Waals surface area contributed by atoms with Crippen molar-refractivity contribution in [1.29, 1.82) is 0 Å². The molecule has 0 bridgehead atoms. The van der Waals surface area contributed by atoms with Gasteiger partial charge in [-0.15, -0.1) is 0 Å². The molecule has 0 radical (unpaired) electrons. The molecule has 0 spiro atoms. The molecule has 0 aliphatic carbocycles. The zero-order chi connectivity index (χ0) is 12.4. The summed E-state index contributed by atoms with van der Waals surface area (Å²) in [7, 11) is 0. The highest BCUT2D eigenvalue weighted by molar-refractivity contribution is 6.00. The van der Waals surface area contributed by atoms with Gasteiger partial charge in [-0.05, 0) is 57.8 Å². The van der Waals surface area contributed by atoms with Gasteiger partial charge in [0, 0.05) is 5.56 Å². The molecule has 92 valence electrons. The smallest absolute Gasteiger partial charge is 0.177 e. The molecule has 1 aliphatic heterocycles. The van der Waals surface area contributed by atoms with Crippen molar-refractivity contribution in [2.24, 2.45) is 0 Å². The van der Waals surface area contributed by atoms with Gasteiger partial charge < -0.3 is 0 Å². The Balaban J connectivity index is 2.18. The van der Waals surface area contributed by atoms with Gasteiger partial charge in [0.1, 0.15) is 0 Å². The maximum Gasteiger partial charge on any atom is 0.177 e. The van der Waals surface area contributed by atoms with Gasteiger partial charge in [0.25, 0.3) is 0 Å². The van der Waals surface area contributed by atoms with Gasteiger partial charge in [-0.3, -0.25) is 9.69 Å². The van der Waals surface area contributed by atoms with Gasteiger partial charge in [-0.25, -0.2) is 0 Å². The van der Waals surface area contributed by atoms with Crippen molar-refractivity contribution in [1.82, 2.24) is 4.90 Å². The molecule has 1 heterocycles. The van der Waals surface area contributed by atoms with Crippen LogP contribution in [0.1, 0.15) is 39.9 Å². The Labute approximate surface area is 104 Å². The van der Waals surface area contributed by atoms with E-state index in [1.165, 1.54) is 18.4 Å². The van der Waals surface area contributed by atoms with Crippen LogP contribution in [-0.2, 0) is 0 Å². The van der Waals surface area contributed by atoms with Gasteiger partial charge >= 0.3 is 0 Å². The van der Waals surface area contributed by atoms with E-state index in [2.05, 4.69) is 24.0 Å². The normalized spacial score (nSPS) is 16.4. The lowest BCUT2D eigenvalue weighted by molar-refractivity contribution is 0.0944. The number of likely N-dealkylation sites (tertiary alicyclic amines) is 1. The van der Waals surface area contributed by atoms with Crippen LogP contribution in [0.2, 0.25) is 0 Å². The van der Waals surface area contributed by atoms with Gasteiger partial charge in [0.2, 0.25) is 0 Å². The molecule has 1 fully saturated rings. The number of hydrogen-bond acceptors (Lipinski definition) is 2. The molecule has 2 nitrogen and oxygen atoms in total. The third-order valence-electron chi connectivity index (χ3n) is 3.52. The van der Waals surface area contributed by atoms with Crippen LogP contribution in [0.4, 0.5) is 0 Å². The van der Waals surface area contributed by atoms with Crippen molar-refractivity contribution >= 4 is 5.78 Å². The van der Waals surface area contributed by atoms with Crippen molar-refractivity contribution in [2.45, 2.75) is 33.6 Å². The van der Waals surface area contributed by atoms with Crippen molar-refractivity contribution < 1.29 is 4.79 Å². The van der Waals surface area contributed by atoms with Gasteiger partial charge in [-0.1, -0.05) is 17.7 Å². The molecule has 0 N–H and O–H groups in total. The molecule has 1 saturated heterocycles. The third-order valence-corrected chi connectivity index (χ3v) is 3.52. The topological polar surface area (TPSA) is 20.3 Å². The van der Waals surface area contributed by atoms with Gasteiger partial charge in [-0.2, -0.15) is 0 Å². The fourth-order valence-electron chi connectivity index (χ4n) is 2.84. The first-order chi connectivity index (χ1) is 8.08. The van der Waals surface area contributed by atoms with E-state index < -0.39 is 0 Å². The summed E-state index contributed by atoms with van der Waals surface area (Å²) in [6.07, 6.45) is 2.47. The number of carbonyl (C=O) groups excluding carboxylic acids is 1. The molecule has 0 saturated carbocycles. The molecular weight excluding hydrogens is 210 g/mol. The second-order valence-electron chi connectivity index (χ2n) is 5.18. The van der Waals surface area contributed by atoms with Crippen LogP contribution in [-0.4, -0.2) is 30.3 Å². The highest BCUT2D eigenvalue weighted by Crippen LogP contribution is 2.18. The Morgan fingerprint density at radius 3 is 2.18 bits per heavy atom. The summed E-state index contributed by atoms with van der Waals surface area (Å²) >= 11 is 0. The summed E-state index contributed by atoms with van der Waals surface area (Å²) < 4.78 is 0. The van der Waals surface area contributed by atoms with E-state index in [4.69, 9.17) is 0 Å². The largest absolute Gasteiger partial charge is 0.296 e. The number of aryl methyl sites for hydroxylation is 3. The first-order valence-electron chi connectivity index (χ1n) is 6.41. The SMILES string of the molecule is Cc1cc(C)c(C(=O)CN2CCCC2)c(C)c1. The number of carbonyl (C=O) groups is 1. The van der Waals surface area contributed by atoms with Crippen LogP contribution in [0.3, 0.4) is 0 Å². The molecule has 1 aromatic rings. The Bertz CT molecular complexity index is 408. The minimum absolute atomic E-state index is 0.280. The van der Waals surface area contributed by atoms with E-state index in [0.29, 0.717) is 6.54 Å². The zero-order valence-electron chi connectivity index (χ0n) is 11.0. The van der Waals surface area contributed by atoms with Gasteiger partial charge in [0.05, 0.1) is 6.54 Å². The van der Waals surface area contributed by atoms with Crippen molar-refractivity contribution in [3.8, 4) is 0 Å². The minimum atomic E-state index is 0.280. The Hall–Kier alpha value is -1.15. The quantitative estimate of drug-likeness (QED) is 0.745. The molecule has 0 unspecified atom stereocenters. The predicted octanol–water partition coefficient (Wildman–Crippen LogP) is 2.89. The van der Waals surface area contributed by atoms with E-state index >= 15 is 0 Å². The molecule has 1 aromatic carbocycles. The molecule has 2 heteroatoms. The van der Waals surface area contributed by atoms with Crippen molar-refractivity contribution in [3.63, 3.8) is 0 Å². The number of nitrogens with zero attached hydrogens (tertiary/aromatic N) is 1. The van der Waals surface area contributed by atoms with Crippen LogP contribution in [0.25, 0.3) is 0 Å². The van der Waals surface area contributed by atoms with Crippen LogP contribution < -0.4 is 0 Å². The second kappa shape index (κ2) is 5.01. The van der Waals surface area contributed by atoms with Gasteiger partial charge in [0.15, 0.2) is 5.78 Å². The van der Waals surface area contributed by atoms with E-state index in [0.717, 1.165) is 29.8 Å². The van der Waals surface area contributed by atoms with Crippen LogP contribution >= 0.6 is 0 Å². The van der Waals surface area contributed by atoms with E-state index in [1.54, 1.807) is 0 Å². The number of Topliss-reactive ketones (excluding diaryl/α,β-unsaturated/α-hetero) is 1. The standard InChI is InChI=1S/C15H21NO/c1-11-8-12(2)15(13(3)9-11)14(17)10-16-6-4-5-7-16/h8-9H,4-7,10H2,1-3H3. The van der Waals surface area contributed by atoms with Crippen LogP contribution in [0.5, 0.6) is 0 Å². The number of benzene rings is 1. The molecule has 0 aromatic heterocycles. The lowest BCUT2D eigenvalue weighted by Crippen LogP contribution is -2.27. The summed E-state index contributed by atoms with van der Waals surface area (Å²) in [4.78, 5) is 14.6. The summed E-state index contributed by atoms with van der Waals surface area (Å²) in [6.45, 7) is 8.90.